The topological polar surface area (TPSA) is 78.1 Å². The lowest BCUT2D eigenvalue weighted by Crippen LogP contribution is -2.39. The molecule has 56 heavy (non-hydrogen) atoms. The van der Waals surface area contributed by atoms with Crippen LogP contribution in [-0.2, 0) is 36.0 Å². The lowest BCUT2D eigenvalue weighted by Gasteiger charge is -2.21. The fraction of sp³-hybridized carbons (Fsp3) is 0.143. The maximum absolute atomic E-state index is 13.5. The molecule has 2 unspecified atom stereocenters. The molecule has 0 saturated heterocycles. The minimum atomic E-state index is -4.64. The highest BCUT2D eigenvalue weighted by atomic mass is 32.1. The Labute approximate surface area is 318 Å². The van der Waals surface area contributed by atoms with Crippen molar-refractivity contribution in [2.75, 3.05) is 0 Å². The zero-order valence-electron chi connectivity index (χ0n) is 28.8. The number of carbonyl (C=O) groups excluding carboxylic acids is 4. The minimum absolute atomic E-state index is 0.0292. The van der Waals surface area contributed by atoms with Crippen LogP contribution in [-0.4, -0.2) is 32.3 Å². The Morgan fingerprint density at radius 2 is 0.929 bits per heavy atom. The lowest BCUT2D eigenvalue weighted by atomic mass is 9.84. The molecule has 0 amide bonds. The van der Waals surface area contributed by atoms with Crippen LogP contribution in [0.3, 0.4) is 0 Å². The van der Waals surface area contributed by atoms with Gasteiger partial charge >= 0.3 is 12.4 Å². The van der Waals surface area contributed by atoms with Gasteiger partial charge in [0.25, 0.3) is 0 Å². The van der Waals surface area contributed by atoms with E-state index in [4.69, 9.17) is 0 Å². The van der Waals surface area contributed by atoms with E-state index in [2.05, 4.69) is 24.3 Å². The van der Waals surface area contributed by atoms with Crippen molar-refractivity contribution in [1.29, 1.82) is 0 Å². The van der Waals surface area contributed by atoms with Gasteiger partial charge in [0.15, 0.2) is 0 Å². The number of carbonyl (C=O) groups is 4. The predicted molar refractivity (Wildman–Crippen MR) is 202 cm³/mol. The Morgan fingerprint density at radius 1 is 0.536 bits per heavy atom. The monoisotopic (exact) mass is 796 g/mol. The number of fused-ring (bicyclic) bond motifs is 9. The van der Waals surface area contributed by atoms with Gasteiger partial charge in [-0.2, -0.15) is 26.3 Å². The van der Waals surface area contributed by atoms with Crippen molar-refractivity contribution in [2.24, 2.45) is 25.9 Å². The number of benzene rings is 2. The summed E-state index contributed by atoms with van der Waals surface area (Å²) in [6.45, 7) is 0. The second-order valence-corrected chi connectivity index (χ2v) is 16.4. The van der Waals surface area contributed by atoms with Gasteiger partial charge in [-0.05, 0) is 71.8 Å². The molecule has 6 nitrogen and oxygen atoms in total. The van der Waals surface area contributed by atoms with E-state index in [9.17, 15) is 45.5 Å². The van der Waals surface area contributed by atoms with E-state index in [1.165, 1.54) is 34.8 Å². The number of hydrogen-bond acceptors (Lipinski definition) is 6. The predicted octanol–water partition coefficient (Wildman–Crippen LogP) is 6.52. The van der Waals surface area contributed by atoms with E-state index in [0.717, 1.165) is 78.0 Å². The van der Waals surface area contributed by atoms with Crippen LogP contribution in [0.5, 0.6) is 0 Å². The second kappa shape index (κ2) is 11.4. The van der Waals surface area contributed by atoms with Crippen LogP contribution in [0.2, 0.25) is 0 Å². The number of hydrogen-bond donors (Lipinski definition) is 0. The first-order valence-corrected chi connectivity index (χ1v) is 18.8. The Morgan fingerprint density at radius 3 is 1.30 bits per heavy atom. The van der Waals surface area contributed by atoms with Gasteiger partial charge in [0, 0.05) is 79.1 Å². The van der Waals surface area contributed by atoms with Crippen molar-refractivity contribution in [2.45, 2.75) is 12.4 Å². The molecular formula is C42H22F6N2O4S2. The largest absolute Gasteiger partial charge is 0.416 e. The highest BCUT2D eigenvalue weighted by molar-refractivity contribution is 7.20. The summed E-state index contributed by atoms with van der Waals surface area (Å²) in [5.74, 6) is -3.42. The molecule has 0 radical (unpaired) electrons. The average Bonchev–Trinajstić information content (AvgIpc) is 3.97. The number of alkyl halides is 6. The van der Waals surface area contributed by atoms with E-state index in [1.54, 1.807) is 0 Å². The SMILES string of the molecule is Cn1c2c(c3sc(/C=C4\C(=O)C(=O)c5ccc(C(F)(F)F)cc54)cc31)=CC1C=c3c(c4sc(/C=C5\C(=O)C(=O)c6ccc(C(F)(F)F)cc65)cc4n3C)=CC1C=2. The molecule has 4 aliphatic rings. The van der Waals surface area contributed by atoms with Crippen LogP contribution in [0.25, 0.3) is 68.0 Å². The number of Topliss-reactive ketones (excluding diaryl/α,β-unsaturated/α-hetero) is 4. The zero-order valence-corrected chi connectivity index (χ0v) is 30.5. The Bertz CT molecular complexity index is 3020. The molecule has 0 N–H and O–H groups in total. The van der Waals surface area contributed by atoms with E-state index in [1.807, 2.05) is 35.4 Å². The first-order chi connectivity index (χ1) is 26.5. The van der Waals surface area contributed by atoms with E-state index < -0.39 is 46.6 Å². The highest BCUT2D eigenvalue weighted by Gasteiger charge is 2.39. The van der Waals surface area contributed by atoms with Gasteiger partial charge in [0.2, 0.25) is 23.1 Å². The lowest BCUT2D eigenvalue weighted by molar-refractivity contribution is -0.138. The second-order valence-electron chi connectivity index (χ2n) is 14.2. The Hall–Kier alpha value is -5.86. The first-order valence-electron chi connectivity index (χ1n) is 17.2. The number of ketones is 4. The quantitative estimate of drug-likeness (QED) is 0.114. The molecular weight excluding hydrogens is 775 g/mol. The van der Waals surface area contributed by atoms with E-state index in [0.29, 0.717) is 9.75 Å². The minimum Gasteiger partial charge on any atom is -0.343 e. The van der Waals surface area contributed by atoms with Crippen molar-refractivity contribution < 1.29 is 45.5 Å². The molecule has 0 spiro atoms. The van der Waals surface area contributed by atoms with E-state index in [-0.39, 0.29) is 45.2 Å². The number of halogens is 6. The molecule has 0 bridgehead atoms. The number of allylic oxidation sites excluding steroid dienone is 2. The third-order valence-corrected chi connectivity index (χ3v) is 13.3. The number of aryl methyl sites for hydroxylation is 2. The van der Waals surface area contributed by atoms with Gasteiger partial charge in [-0.25, -0.2) is 0 Å². The summed E-state index contributed by atoms with van der Waals surface area (Å²) in [5, 5.41) is 3.90. The number of rotatable bonds is 2. The highest BCUT2D eigenvalue weighted by Crippen LogP contribution is 2.40. The molecule has 14 heteroatoms. The summed E-state index contributed by atoms with van der Waals surface area (Å²) >= 11 is 2.77. The average molecular weight is 797 g/mol. The molecule has 6 aromatic rings. The van der Waals surface area contributed by atoms with Crippen molar-refractivity contribution >= 4 is 114 Å². The Balaban J connectivity index is 1.03. The number of nitrogens with zero attached hydrogens (tertiary/aromatic N) is 2. The van der Waals surface area contributed by atoms with Gasteiger partial charge in [0.05, 0.1) is 31.6 Å². The van der Waals surface area contributed by atoms with Crippen molar-refractivity contribution in [3.05, 3.63) is 113 Å². The molecule has 278 valence electrons. The normalized spacial score (nSPS) is 20.2. The summed E-state index contributed by atoms with van der Waals surface area (Å²) < 4.78 is 86.9. The Kier molecular flexibility index (Phi) is 7.02. The molecule has 4 aliphatic carbocycles. The summed E-state index contributed by atoms with van der Waals surface area (Å²) in [5.41, 5.74) is -0.451. The zero-order chi connectivity index (χ0) is 39.3. The maximum Gasteiger partial charge on any atom is 0.416 e. The molecule has 4 heterocycles. The van der Waals surface area contributed by atoms with E-state index >= 15 is 0 Å². The van der Waals surface area contributed by atoms with Gasteiger partial charge in [-0.15, -0.1) is 22.7 Å². The molecule has 0 saturated carbocycles. The van der Waals surface area contributed by atoms with Gasteiger partial charge in [-0.3, -0.25) is 19.2 Å². The number of aromatic nitrogens is 2. The van der Waals surface area contributed by atoms with Crippen LogP contribution < -0.4 is 21.1 Å². The van der Waals surface area contributed by atoms with Crippen molar-refractivity contribution in [1.82, 2.24) is 9.13 Å². The third-order valence-electron chi connectivity index (χ3n) is 11.1. The first kappa shape index (κ1) is 34.6. The number of thiophene rings is 2. The third kappa shape index (κ3) is 4.87. The van der Waals surface area contributed by atoms with Crippen LogP contribution in [0.1, 0.15) is 52.7 Å². The summed E-state index contributed by atoms with van der Waals surface area (Å²) in [6.07, 6.45) is 2.41. The summed E-state index contributed by atoms with van der Waals surface area (Å²) in [7, 11) is 3.82. The van der Waals surface area contributed by atoms with Crippen LogP contribution in [0.4, 0.5) is 26.3 Å². The van der Waals surface area contributed by atoms with Crippen LogP contribution in [0, 0.1) is 11.8 Å². The molecule has 2 aromatic carbocycles. The fourth-order valence-electron chi connectivity index (χ4n) is 8.28. The molecule has 0 fully saturated rings. The van der Waals surface area contributed by atoms with Crippen LogP contribution in [0.15, 0.2) is 48.5 Å². The smallest absolute Gasteiger partial charge is 0.343 e. The van der Waals surface area contributed by atoms with Gasteiger partial charge in [0.1, 0.15) is 0 Å². The fourth-order valence-corrected chi connectivity index (χ4v) is 10.6. The van der Waals surface area contributed by atoms with Gasteiger partial charge < -0.3 is 9.13 Å². The van der Waals surface area contributed by atoms with Crippen molar-refractivity contribution in [3.8, 4) is 0 Å². The standard InChI is InChI=1S/C42H22F6N2O4S2/c1-49-31-9-17-8-30-32(50(2)34-16-22(56-40(30)34)14-28-26-12-20(42(46,47)48)4-6-24(26)36(52)38(28)54)10-18(17)7-29(31)39-33(49)15-21(55-39)13-27-25-11-19(41(43,44)45)3-5-23(25)35(51)37(27)53/h3-18H,1-2H3/b27-13-,28-14-. The van der Waals surface area contributed by atoms with Gasteiger partial charge in [-0.1, -0.05) is 24.3 Å². The van der Waals surface area contributed by atoms with Crippen molar-refractivity contribution in [3.63, 3.8) is 0 Å². The molecule has 4 aromatic heterocycles. The molecule has 0 aliphatic heterocycles. The molecule has 10 rings (SSSR count). The van der Waals surface area contributed by atoms with Crippen LogP contribution >= 0.6 is 22.7 Å². The molecule has 2 atom stereocenters. The maximum atomic E-state index is 13.5. The summed E-state index contributed by atoms with van der Waals surface area (Å²) in [6, 6.07) is 9.14. The summed E-state index contributed by atoms with van der Waals surface area (Å²) in [4.78, 5) is 52.4.